The van der Waals surface area contributed by atoms with Gasteiger partial charge in [-0.05, 0) is 76.1 Å². The molecule has 0 saturated carbocycles. The predicted molar refractivity (Wildman–Crippen MR) is 175 cm³/mol. The maximum Gasteiger partial charge on any atom is 0.417 e. The first-order chi connectivity index (χ1) is 21.7. The summed E-state index contributed by atoms with van der Waals surface area (Å²) in [4.78, 5) is 12.7. The molecule has 1 amide bonds. The molecule has 1 N–H and O–H groups in total. The van der Waals surface area contributed by atoms with Gasteiger partial charge in [-0.2, -0.15) is 18.3 Å². The Bertz CT molecular complexity index is 1880. The van der Waals surface area contributed by atoms with E-state index in [2.05, 4.69) is 26.5 Å². The Labute approximate surface area is 285 Å². The van der Waals surface area contributed by atoms with Crippen LogP contribution in [0.3, 0.4) is 0 Å². The van der Waals surface area contributed by atoms with Gasteiger partial charge in [0.25, 0.3) is 15.9 Å². The number of amides is 1. The third-order valence-corrected chi connectivity index (χ3v) is 9.50. The van der Waals surface area contributed by atoms with Crippen LogP contribution in [0.25, 0.3) is 0 Å². The average Bonchev–Trinajstić information content (AvgIpc) is 3.00. The molecule has 0 aliphatic rings. The molecule has 0 aromatic heterocycles. The van der Waals surface area contributed by atoms with Gasteiger partial charge >= 0.3 is 6.18 Å². The van der Waals surface area contributed by atoms with E-state index >= 15 is 0 Å². The van der Waals surface area contributed by atoms with Crippen molar-refractivity contribution in [3.05, 3.63) is 115 Å². The molecule has 4 aromatic carbocycles. The summed E-state index contributed by atoms with van der Waals surface area (Å²) in [6.07, 6.45) is -3.62. The Balaban J connectivity index is 1.54. The smallest absolute Gasteiger partial charge is 0.417 e. The standard InChI is InChI=1S/C30H22BrCl3F3N3O5S/c1-44-27-12-18(11-24(31)29(27)45-17-19-7-8-20(32)13-26(19)34)15-38-39-28(41)16-40(46(42,43)22-5-3-2-4-6-22)21-9-10-25(33)23(14-21)30(35,36)37/h2-15H,16-17H2,1H3,(H,39,41). The van der Waals surface area contributed by atoms with Crippen LogP contribution in [-0.2, 0) is 27.6 Å². The molecule has 0 bridgehead atoms. The third kappa shape index (κ3) is 8.65. The predicted octanol–water partition coefficient (Wildman–Crippen LogP) is 8.36. The lowest BCUT2D eigenvalue weighted by molar-refractivity contribution is -0.137. The minimum Gasteiger partial charge on any atom is -0.493 e. The SMILES string of the molecule is COc1cc(C=NNC(=O)CN(c2ccc(Cl)c(C(F)(F)F)c2)S(=O)(=O)c2ccccc2)cc(Br)c1OCc1ccc(Cl)cc1Cl. The molecule has 0 spiro atoms. The minimum atomic E-state index is -4.87. The van der Waals surface area contributed by atoms with Gasteiger partial charge in [0.05, 0.1) is 39.0 Å². The summed E-state index contributed by atoms with van der Waals surface area (Å²) in [6.45, 7) is -0.796. The number of nitrogens with one attached hydrogen (secondary N) is 1. The number of hydrogen-bond acceptors (Lipinski definition) is 6. The molecule has 4 aromatic rings. The van der Waals surface area contributed by atoms with Crippen molar-refractivity contribution in [2.45, 2.75) is 17.7 Å². The van der Waals surface area contributed by atoms with Gasteiger partial charge in [0.2, 0.25) is 0 Å². The topological polar surface area (TPSA) is 97.3 Å². The van der Waals surface area contributed by atoms with Gasteiger partial charge in [-0.15, -0.1) is 0 Å². The van der Waals surface area contributed by atoms with Gasteiger partial charge in [-0.25, -0.2) is 13.8 Å². The molecule has 4 rings (SSSR count). The zero-order valence-electron chi connectivity index (χ0n) is 23.5. The van der Waals surface area contributed by atoms with Crippen LogP contribution in [0, 0.1) is 0 Å². The maximum absolute atomic E-state index is 13.6. The molecular formula is C30H22BrCl3F3N3O5S. The van der Waals surface area contributed by atoms with Gasteiger partial charge < -0.3 is 9.47 Å². The highest BCUT2D eigenvalue weighted by Gasteiger charge is 2.35. The molecule has 8 nitrogen and oxygen atoms in total. The van der Waals surface area contributed by atoms with E-state index in [9.17, 15) is 26.4 Å². The Kier molecular flexibility index (Phi) is 11.5. The largest absolute Gasteiger partial charge is 0.493 e. The van der Waals surface area contributed by atoms with Gasteiger partial charge in [0, 0.05) is 15.6 Å². The summed E-state index contributed by atoms with van der Waals surface area (Å²) in [5.74, 6) is -0.265. The van der Waals surface area contributed by atoms with Crippen LogP contribution in [0.1, 0.15) is 16.7 Å². The van der Waals surface area contributed by atoms with E-state index in [-0.39, 0.29) is 11.5 Å². The molecule has 0 saturated heterocycles. The molecule has 46 heavy (non-hydrogen) atoms. The van der Waals surface area contributed by atoms with E-state index in [1.165, 1.54) is 37.6 Å². The van der Waals surface area contributed by atoms with Crippen molar-refractivity contribution < 1.29 is 35.9 Å². The monoisotopic (exact) mass is 777 g/mol. The fourth-order valence-corrected chi connectivity index (χ4v) is 6.70. The fourth-order valence-electron chi connectivity index (χ4n) is 4.01. The highest BCUT2D eigenvalue weighted by molar-refractivity contribution is 9.10. The van der Waals surface area contributed by atoms with E-state index in [1.807, 2.05) is 0 Å². The number of halogens is 7. The number of methoxy groups -OCH3 is 1. The number of anilines is 1. The van der Waals surface area contributed by atoms with E-state index in [0.29, 0.717) is 47.5 Å². The highest BCUT2D eigenvalue weighted by Crippen LogP contribution is 2.39. The normalized spacial score (nSPS) is 11.8. The number of rotatable bonds is 11. The first-order valence-corrected chi connectivity index (χ1v) is 16.3. The number of sulfonamides is 1. The van der Waals surface area contributed by atoms with E-state index in [4.69, 9.17) is 44.3 Å². The maximum atomic E-state index is 13.6. The number of ether oxygens (including phenoxy) is 2. The van der Waals surface area contributed by atoms with Crippen molar-refractivity contribution in [1.29, 1.82) is 0 Å². The molecule has 0 heterocycles. The number of carbonyl (C=O) groups is 1. The number of hydrogen-bond donors (Lipinski definition) is 1. The first-order valence-electron chi connectivity index (χ1n) is 12.9. The number of alkyl halides is 3. The molecule has 0 unspecified atom stereocenters. The van der Waals surface area contributed by atoms with Crippen LogP contribution < -0.4 is 19.2 Å². The summed E-state index contributed by atoms with van der Waals surface area (Å²) in [5, 5.41) is 4.15. The second-order valence-corrected chi connectivity index (χ2v) is 13.3. The lowest BCUT2D eigenvalue weighted by Crippen LogP contribution is -2.39. The Morgan fingerprint density at radius 1 is 1.00 bits per heavy atom. The molecule has 0 aliphatic heterocycles. The summed E-state index contributed by atoms with van der Waals surface area (Å²) < 4.78 is 80.0. The minimum absolute atomic E-state index is 0.106. The van der Waals surface area contributed by atoms with Gasteiger partial charge in [0.1, 0.15) is 13.2 Å². The lowest BCUT2D eigenvalue weighted by Gasteiger charge is -2.24. The summed E-state index contributed by atoms with van der Waals surface area (Å²) >= 11 is 21.3. The number of nitrogens with zero attached hydrogens (tertiary/aromatic N) is 2. The van der Waals surface area contributed by atoms with Crippen molar-refractivity contribution in [3.63, 3.8) is 0 Å². The number of hydrazone groups is 1. The van der Waals surface area contributed by atoms with Crippen LogP contribution in [0.15, 0.2) is 93.3 Å². The second-order valence-electron chi connectivity index (χ2n) is 9.34. The molecule has 242 valence electrons. The van der Waals surface area contributed by atoms with Crippen LogP contribution in [0.4, 0.5) is 18.9 Å². The summed E-state index contributed by atoms with van der Waals surface area (Å²) in [6, 6.07) is 17.7. The summed E-state index contributed by atoms with van der Waals surface area (Å²) in [7, 11) is -3.07. The van der Waals surface area contributed by atoms with E-state index in [0.717, 1.165) is 12.1 Å². The average molecular weight is 780 g/mol. The van der Waals surface area contributed by atoms with Gasteiger partial charge in [-0.3, -0.25) is 9.10 Å². The third-order valence-electron chi connectivity index (χ3n) is 6.20. The Morgan fingerprint density at radius 2 is 1.72 bits per heavy atom. The van der Waals surface area contributed by atoms with Crippen LogP contribution >= 0.6 is 50.7 Å². The molecule has 0 fully saturated rings. The highest BCUT2D eigenvalue weighted by atomic mass is 79.9. The van der Waals surface area contributed by atoms with Crippen LogP contribution in [-0.4, -0.2) is 34.2 Å². The zero-order chi connectivity index (χ0) is 33.6. The number of benzene rings is 4. The van der Waals surface area contributed by atoms with Crippen molar-refractivity contribution in [1.82, 2.24) is 5.43 Å². The number of carbonyl (C=O) groups excluding carboxylic acids is 1. The molecule has 0 atom stereocenters. The first kappa shape index (κ1) is 35.4. The zero-order valence-corrected chi connectivity index (χ0v) is 28.2. The summed E-state index contributed by atoms with van der Waals surface area (Å²) in [5.41, 5.74) is 1.65. The lowest BCUT2D eigenvalue weighted by atomic mass is 10.2. The van der Waals surface area contributed by atoms with E-state index in [1.54, 1.807) is 36.4 Å². The van der Waals surface area contributed by atoms with E-state index < -0.39 is 44.9 Å². The Morgan fingerprint density at radius 3 is 2.37 bits per heavy atom. The van der Waals surface area contributed by atoms with Crippen molar-refractivity contribution in [2.24, 2.45) is 5.10 Å². The molecule has 0 radical (unpaired) electrons. The molecule has 0 aliphatic carbocycles. The fraction of sp³-hybridized carbons (Fsp3) is 0.133. The van der Waals surface area contributed by atoms with Crippen molar-refractivity contribution in [3.8, 4) is 11.5 Å². The second kappa shape index (κ2) is 14.9. The van der Waals surface area contributed by atoms with Gasteiger partial charge in [0.15, 0.2) is 11.5 Å². The van der Waals surface area contributed by atoms with Crippen molar-refractivity contribution >= 4 is 78.6 Å². The molecular weight excluding hydrogens is 758 g/mol. The van der Waals surface area contributed by atoms with Crippen molar-refractivity contribution in [2.75, 3.05) is 18.0 Å². The van der Waals surface area contributed by atoms with Crippen LogP contribution in [0.5, 0.6) is 11.5 Å². The quantitative estimate of drug-likeness (QED) is 0.122. The van der Waals surface area contributed by atoms with Gasteiger partial charge in [-0.1, -0.05) is 59.1 Å². The Hall–Kier alpha value is -3.49. The van der Waals surface area contributed by atoms with Crippen LogP contribution in [0.2, 0.25) is 15.1 Å². The molecule has 16 heteroatoms.